The standard InChI is InChI=1S/C15H19F2NO/c1-2-3-7-14-12(9-18-10-15(16)17)11-6-4-5-8-13(11)19-14/h4-6,8,15,18H,2-3,7,9-10H2,1H3. The van der Waals surface area contributed by atoms with E-state index in [2.05, 4.69) is 12.2 Å². The van der Waals surface area contributed by atoms with Crippen molar-refractivity contribution in [3.8, 4) is 0 Å². The lowest BCUT2D eigenvalue weighted by molar-refractivity contribution is 0.145. The zero-order valence-electron chi connectivity index (χ0n) is 11.1. The van der Waals surface area contributed by atoms with E-state index in [9.17, 15) is 8.78 Å². The van der Waals surface area contributed by atoms with Gasteiger partial charge in [0.1, 0.15) is 11.3 Å². The van der Waals surface area contributed by atoms with Crippen molar-refractivity contribution >= 4 is 11.0 Å². The molecule has 1 aromatic heterocycles. The fourth-order valence-electron chi connectivity index (χ4n) is 2.19. The molecule has 19 heavy (non-hydrogen) atoms. The number of hydrogen-bond donors (Lipinski definition) is 1. The molecule has 4 heteroatoms. The molecule has 0 unspecified atom stereocenters. The Labute approximate surface area is 111 Å². The fraction of sp³-hybridized carbons (Fsp3) is 0.467. The van der Waals surface area contributed by atoms with Crippen molar-refractivity contribution in [3.05, 3.63) is 35.6 Å². The number of fused-ring (bicyclic) bond motifs is 1. The number of benzene rings is 1. The number of hydrogen-bond acceptors (Lipinski definition) is 2. The lowest BCUT2D eigenvalue weighted by atomic mass is 10.1. The van der Waals surface area contributed by atoms with Gasteiger partial charge in [-0.25, -0.2) is 8.78 Å². The molecule has 0 aliphatic heterocycles. The Balaban J connectivity index is 2.21. The number of alkyl halides is 2. The molecule has 1 aromatic carbocycles. The average Bonchev–Trinajstić information content (AvgIpc) is 2.74. The molecule has 0 saturated carbocycles. The number of furan rings is 1. The van der Waals surface area contributed by atoms with Crippen molar-refractivity contribution in [3.63, 3.8) is 0 Å². The Bertz CT molecular complexity index is 522. The number of rotatable bonds is 7. The molecule has 104 valence electrons. The van der Waals surface area contributed by atoms with Crippen LogP contribution in [0.1, 0.15) is 31.1 Å². The molecule has 0 bridgehead atoms. The largest absolute Gasteiger partial charge is 0.461 e. The van der Waals surface area contributed by atoms with Gasteiger partial charge in [-0.3, -0.25) is 0 Å². The van der Waals surface area contributed by atoms with Crippen LogP contribution in [0.4, 0.5) is 8.78 Å². The van der Waals surface area contributed by atoms with Gasteiger partial charge in [0.05, 0.1) is 6.54 Å². The Morgan fingerprint density at radius 1 is 1.26 bits per heavy atom. The van der Waals surface area contributed by atoms with Gasteiger partial charge in [0.25, 0.3) is 6.43 Å². The SMILES string of the molecule is CCCCc1oc2ccccc2c1CNCC(F)F. The van der Waals surface area contributed by atoms with E-state index in [1.54, 1.807) is 0 Å². The topological polar surface area (TPSA) is 25.2 Å². The maximum atomic E-state index is 12.2. The van der Waals surface area contributed by atoms with Gasteiger partial charge in [0, 0.05) is 23.9 Å². The molecule has 2 nitrogen and oxygen atoms in total. The summed E-state index contributed by atoms with van der Waals surface area (Å²) in [7, 11) is 0. The number of halogens is 2. The quantitative estimate of drug-likeness (QED) is 0.816. The second-order valence-electron chi connectivity index (χ2n) is 4.63. The van der Waals surface area contributed by atoms with Gasteiger partial charge >= 0.3 is 0 Å². The number of para-hydroxylation sites is 1. The molecule has 0 aliphatic rings. The lowest BCUT2D eigenvalue weighted by Crippen LogP contribution is -2.21. The van der Waals surface area contributed by atoms with Gasteiger partial charge in [-0.2, -0.15) is 0 Å². The van der Waals surface area contributed by atoms with E-state index in [0.717, 1.165) is 41.6 Å². The van der Waals surface area contributed by atoms with Gasteiger partial charge in [-0.1, -0.05) is 31.5 Å². The van der Waals surface area contributed by atoms with Gasteiger partial charge in [-0.05, 0) is 12.5 Å². The highest BCUT2D eigenvalue weighted by Crippen LogP contribution is 2.27. The predicted molar refractivity (Wildman–Crippen MR) is 72.5 cm³/mol. The molecule has 0 fully saturated rings. The van der Waals surface area contributed by atoms with E-state index < -0.39 is 6.43 Å². The monoisotopic (exact) mass is 267 g/mol. The minimum absolute atomic E-state index is 0.285. The molecule has 0 atom stereocenters. The maximum absolute atomic E-state index is 12.2. The summed E-state index contributed by atoms with van der Waals surface area (Å²) < 4.78 is 30.2. The summed E-state index contributed by atoms with van der Waals surface area (Å²) in [6.45, 7) is 2.27. The van der Waals surface area contributed by atoms with Crippen molar-refractivity contribution in [2.75, 3.05) is 6.54 Å². The highest BCUT2D eigenvalue weighted by atomic mass is 19.3. The number of aryl methyl sites for hydroxylation is 1. The Morgan fingerprint density at radius 3 is 2.79 bits per heavy atom. The zero-order valence-corrected chi connectivity index (χ0v) is 11.1. The average molecular weight is 267 g/mol. The summed E-state index contributed by atoms with van der Waals surface area (Å²) in [5.41, 5.74) is 1.85. The highest BCUT2D eigenvalue weighted by Gasteiger charge is 2.13. The highest BCUT2D eigenvalue weighted by molar-refractivity contribution is 5.82. The van der Waals surface area contributed by atoms with Gasteiger partial charge in [0.2, 0.25) is 0 Å². The van der Waals surface area contributed by atoms with Crippen molar-refractivity contribution in [2.45, 2.75) is 39.2 Å². The molecule has 0 aliphatic carbocycles. The van der Waals surface area contributed by atoms with Crippen LogP contribution in [-0.2, 0) is 13.0 Å². The number of unbranched alkanes of at least 4 members (excludes halogenated alkanes) is 1. The molecule has 0 saturated heterocycles. The smallest absolute Gasteiger partial charge is 0.250 e. The van der Waals surface area contributed by atoms with Gasteiger partial charge < -0.3 is 9.73 Å². The van der Waals surface area contributed by atoms with Crippen LogP contribution in [0.5, 0.6) is 0 Å². The van der Waals surface area contributed by atoms with E-state index in [0.29, 0.717) is 6.54 Å². The Hall–Kier alpha value is -1.42. The summed E-state index contributed by atoms with van der Waals surface area (Å²) >= 11 is 0. The predicted octanol–water partition coefficient (Wildman–Crippen LogP) is 4.13. The van der Waals surface area contributed by atoms with Crippen LogP contribution in [0.15, 0.2) is 28.7 Å². The zero-order chi connectivity index (χ0) is 13.7. The van der Waals surface area contributed by atoms with Crippen LogP contribution in [0.2, 0.25) is 0 Å². The van der Waals surface area contributed by atoms with Crippen molar-refractivity contribution in [1.82, 2.24) is 5.32 Å². The minimum atomic E-state index is -2.32. The van der Waals surface area contributed by atoms with Crippen molar-refractivity contribution in [2.24, 2.45) is 0 Å². The number of nitrogens with one attached hydrogen (secondary N) is 1. The minimum Gasteiger partial charge on any atom is -0.461 e. The fourth-order valence-corrected chi connectivity index (χ4v) is 2.19. The van der Waals surface area contributed by atoms with Gasteiger partial charge in [0.15, 0.2) is 0 Å². The summed E-state index contributed by atoms with van der Waals surface area (Å²) in [5, 5.41) is 3.81. The molecule has 2 aromatic rings. The third kappa shape index (κ3) is 3.53. The third-order valence-corrected chi connectivity index (χ3v) is 3.14. The molecule has 0 radical (unpaired) electrons. The Kier molecular flexibility index (Phi) is 4.91. The maximum Gasteiger partial charge on any atom is 0.250 e. The lowest BCUT2D eigenvalue weighted by Gasteiger charge is -2.05. The van der Waals surface area contributed by atoms with E-state index in [4.69, 9.17) is 4.42 Å². The van der Waals surface area contributed by atoms with Crippen molar-refractivity contribution < 1.29 is 13.2 Å². The molecule has 0 amide bonds. The van der Waals surface area contributed by atoms with E-state index in [1.165, 1.54) is 0 Å². The first-order valence-corrected chi connectivity index (χ1v) is 6.70. The first-order chi connectivity index (χ1) is 9.22. The van der Waals surface area contributed by atoms with Crippen LogP contribution >= 0.6 is 0 Å². The summed E-state index contributed by atoms with van der Waals surface area (Å²) in [4.78, 5) is 0. The van der Waals surface area contributed by atoms with Crippen LogP contribution < -0.4 is 5.32 Å². The second-order valence-corrected chi connectivity index (χ2v) is 4.63. The first-order valence-electron chi connectivity index (χ1n) is 6.70. The second kappa shape index (κ2) is 6.66. The van der Waals surface area contributed by atoms with E-state index in [-0.39, 0.29) is 6.54 Å². The third-order valence-electron chi connectivity index (χ3n) is 3.14. The van der Waals surface area contributed by atoms with Crippen LogP contribution in [0.25, 0.3) is 11.0 Å². The molecular weight excluding hydrogens is 248 g/mol. The van der Waals surface area contributed by atoms with Crippen molar-refractivity contribution in [1.29, 1.82) is 0 Å². The summed E-state index contributed by atoms with van der Waals surface area (Å²) in [5.74, 6) is 0.921. The van der Waals surface area contributed by atoms with Crippen LogP contribution in [0.3, 0.4) is 0 Å². The van der Waals surface area contributed by atoms with Gasteiger partial charge in [-0.15, -0.1) is 0 Å². The first kappa shape index (κ1) is 14.0. The molecule has 1 heterocycles. The summed E-state index contributed by atoms with van der Waals surface area (Å²) in [6.07, 6.45) is 0.664. The normalized spacial score (nSPS) is 11.6. The molecule has 0 spiro atoms. The molecule has 1 N–H and O–H groups in total. The van der Waals surface area contributed by atoms with Crippen LogP contribution in [-0.4, -0.2) is 13.0 Å². The molecular formula is C15H19F2NO. The molecule has 2 rings (SSSR count). The van der Waals surface area contributed by atoms with E-state index in [1.807, 2.05) is 24.3 Å². The summed E-state index contributed by atoms with van der Waals surface area (Å²) in [6, 6.07) is 7.76. The van der Waals surface area contributed by atoms with Crippen LogP contribution in [0, 0.1) is 0 Å². The Morgan fingerprint density at radius 2 is 2.05 bits per heavy atom. The van der Waals surface area contributed by atoms with E-state index >= 15 is 0 Å².